The summed E-state index contributed by atoms with van der Waals surface area (Å²) in [6.45, 7) is 3.95. The van der Waals surface area contributed by atoms with Crippen LogP contribution in [0.25, 0.3) is 0 Å². The van der Waals surface area contributed by atoms with Gasteiger partial charge in [-0.1, -0.05) is 11.2 Å². The molecule has 1 heterocycles. The predicted octanol–water partition coefficient (Wildman–Crippen LogP) is 2.98. The second kappa shape index (κ2) is 6.05. The molecule has 7 heteroatoms. The summed E-state index contributed by atoms with van der Waals surface area (Å²) in [5.74, 6) is 0.835. The van der Waals surface area contributed by atoms with Gasteiger partial charge in [0.15, 0.2) is 11.5 Å². The van der Waals surface area contributed by atoms with Crippen molar-refractivity contribution in [1.82, 2.24) is 5.16 Å². The maximum atomic E-state index is 11.2. The number of ether oxygens (including phenoxy) is 1. The molecule has 2 aromatic rings. The van der Waals surface area contributed by atoms with Crippen molar-refractivity contribution in [2.45, 2.75) is 26.5 Å². The van der Waals surface area contributed by atoms with Crippen LogP contribution in [-0.2, 0) is 6.54 Å². The molecule has 0 atom stereocenters. The summed E-state index contributed by atoms with van der Waals surface area (Å²) in [7, 11) is 0. The van der Waals surface area contributed by atoms with Crippen LogP contribution in [0.1, 0.15) is 19.6 Å². The zero-order chi connectivity index (χ0) is 14.5. The molecule has 2 rings (SSSR count). The number of anilines is 1. The molecule has 0 radical (unpaired) electrons. The summed E-state index contributed by atoms with van der Waals surface area (Å²) in [6, 6.07) is 6.60. The van der Waals surface area contributed by atoms with Crippen LogP contribution in [0.2, 0.25) is 0 Å². The van der Waals surface area contributed by atoms with Gasteiger partial charge in [-0.25, -0.2) is 0 Å². The minimum atomic E-state index is -0.458. The Balaban J connectivity index is 2.24. The average molecular weight is 277 g/mol. The molecular formula is C13H15N3O4. The minimum absolute atomic E-state index is 0.0827. The van der Waals surface area contributed by atoms with Crippen molar-refractivity contribution in [1.29, 1.82) is 0 Å². The van der Waals surface area contributed by atoms with Gasteiger partial charge < -0.3 is 14.6 Å². The van der Waals surface area contributed by atoms with E-state index in [-0.39, 0.29) is 17.5 Å². The van der Waals surface area contributed by atoms with Gasteiger partial charge >= 0.3 is 5.69 Å². The largest absolute Gasteiger partial charge is 0.484 e. The second-order valence-corrected chi connectivity index (χ2v) is 4.41. The van der Waals surface area contributed by atoms with Gasteiger partial charge in [-0.05, 0) is 26.0 Å². The van der Waals surface area contributed by atoms with E-state index < -0.39 is 4.92 Å². The number of nitro benzene ring substituents is 1. The van der Waals surface area contributed by atoms with Crippen LogP contribution >= 0.6 is 0 Å². The molecule has 0 aliphatic rings. The molecule has 0 bridgehead atoms. The molecule has 7 nitrogen and oxygen atoms in total. The molecule has 0 amide bonds. The van der Waals surface area contributed by atoms with Gasteiger partial charge in [-0.2, -0.15) is 0 Å². The van der Waals surface area contributed by atoms with Gasteiger partial charge in [0, 0.05) is 6.07 Å². The highest BCUT2D eigenvalue weighted by Gasteiger charge is 2.21. The number of para-hydroxylation sites is 1. The first-order valence-corrected chi connectivity index (χ1v) is 6.15. The number of nitrogens with one attached hydrogen (secondary N) is 1. The van der Waals surface area contributed by atoms with E-state index in [2.05, 4.69) is 10.5 Å². The number of rotatable bonds is 6. The number of hydrogen-bond acceptors (Lipinski definition) is 6. The zero-order valence-corrected chi connectivity index (χ0v) is 11.2. The van der Waals surface area contributed by atoms with Crippen molar-refractivity contribution in [2.24, 2.45) is 0 Å². The van der Waals surface area contributed by atoms with E-state index in [4.69, 9.17) is 9.26 Å². The first-order chi connectivity index (χ1) is 9.58. The van der Waals surface area contributed by atoms with Crippen molar-refractivity contribution < 1.29 is 14.2 Å². The van der Waals surface area contributed by atoms with Crippen LogP contribution in [0.3, 0.4) is 0 Å². The van der Waals surface area contributed by atoms with Gasteiger partial charge in [0.1, 0.15) is 5.69 Å². The maximum absolute atomic E-state index is 11.2. The molecule has 20 heavy (non-hydrogen) atoms. The Bertz CT molecular complexity index is 581. The van der Waals surface area contributed by atoms with Crippen LogP contribution in [0.4, 0.5) is 11.4 Å². The SMILES string of the molecule is CC(C)Oc1cccc(NCc2ccno2)c1[N+](=O)[O-]. The zero-order valence-electron chi connectivity index (χ0n) is 11.2. The van der Waals surface area contributed by atoms with E-state index in [1.807, 2.05) is 13.8 Å². The van der Waals surface area contributed by atoms with Gasteiger partial charge in [0.25, 0.3) is 0 Å². The number of nitro groups is 1. The van der Waals surface area contributed by atoms with E-state index in [0.717, 1.165) is 0 Å². The van der Waals surface area contributed by atoms with Gasteiger partial charge in [-0.15, -0.1) is 0 Å². The lowest BCUT2D eigenvalue weighted by Gasteiger charge is -2.12. The van der Waals surface area contributed by atoms with Crippen LogP contribution < -0.4 is 10.1 Å². The van der Waals surface area contributed by atoms with Crippen molar-refractivity contribution in [3.63, 3.8) is 0 Å². The van der Waals surface area contributed by atoms with E-state index >= 15 is 0 Å². The maximum Gasteiger partial charge on any atom is 0.333 e. The Morgan fingerprint density at radius 1 is 1.45 bits per heavy atom. The second-order valence-electron chi connectivity index (χ2n) is 4.41. The van der Waals surface area contributed by atoms with Crippen molar-refractivity contribution in [3.05, 3.63) is 46.3 Å². The van der Waals surface area contributed by atoms with Crippen molar-refractivity contribution >= 4 is 11.4 Å². The molecule has 0 aliphatic heterocycles. The van der Waals surface area contributed by atoms with Crippen LogP contribution in [0.5, 0.6) is 5.75 Å². The van der Waals surface area contributed by atoms with E-state index in [1.165, 1.54) is 6.20 Å². The summed E-state index contributed by atoms with van der Waals surface area (Å²) >= 11 is 0. The Labute approximate surface area is 115 Å². The van der Waals surface area contributed by atoms with Crippen molar-refractivity contribution in [2.75, 3.05) is 5.32 Å². The standard InChI is InChI=1S/C13H15N3O4/c1-9(2)19-12-5-3-4-11(13(12)16(17)18)14-8-10-6-7-15-20-10/h3-7,9,14H,8H2,1-2H3. The van der Waals surface area contributed by atoms with Gasteiger partial charge in [-0.3, -0.25) is 10.1 Å². The normalized spacial score (nSPS) is 10.6. The Kier molecular flexibility index (Phi) is 4.19. The summed E-state index contributed by atoms with van der Waals surface area (Å²) in [6.07, 6.45) is 1.38. The van der Waals surface area contributed by atoms with Crippen LogP contribution in [-0.4, -0.2) is 16.2 Å². The predicted molar refractivity (Wildman–Crippen MR) is 72.7 cm³/mol. The molecule has 0 spiro atoms. The molecule has 106 valence electrons. The highest BCUT2D eigenvalue weighted by atomic mass is 16.6. The van der Waals surface area contributed by atoms with E-state index in [9.17, 15) is 10.1 Å². The lowest BCUT2D eigenvalue weighted by molar-refractivity contribution is -0.385. The molecule has 1 N–H and O–H groups in total. The molecule has 0 saturated heterocycles. The first-order valence-electron chi connectivity index (χ1n) is 6.15. The quantitative estimate of drug-likeness (QED) is 0.644. The van der Waals surface area contributed by atoms with Gasteiger partial charge in [0.05, 0.1) is 23.8 Å². The fourth-order valence-corrected chi connectivity index (χ4v) is 1.72. The topological polar surface area (TPSA) is 90.4 Å². The average Bonchev–Trinajstić information content (AvgIpc) is 2.88. The fraction of sp³-hybridized carbons (Fsp3) is 0.308. The van der Waals surface area contributed by atoms with Gasteiger partial charge in [0.2, 0.25) is 0 Å². The third kappa shape index (κ3) is 3.25. The summed E-state index contributed by atoms with van der Waals surface area (Å²) in [4.78, 5) is 10.8. The van der Waals surface area contributed by atoms with E-state index in [0.29, 0.717) is 18.0 Å². The first kappa shape index (κ1) is 13.9. The molecule has 1 aromatic carbocycles. The van der Waals surface area contributed by atoms with E-state index in [1.54, 1.807) is 24.3 Å². The summed E-state index contributed by atoms with van der Waals surface area (Å²) in [5, 5.41) is 17.8. The summed E-state index contributed by atoms with van der Waals surface area (Å²) < 4.78 is 10.4. The molecule has 0 saturated carbocycles. The third-order valence-corrected chi connectivity index (χ3v) is 2.49. The van der Waals surface area contributed by atoms with Crippen LogP contribution in [0, 0.1) is 10.1 Å². The number of nitrogens with zero attached hydrogens (tertiary/aromatic N) is 2. The monoisotopic (exact) mass is 277 g/mol. The van der Waals surface area contributed by atoms with Crippen LogP contribution in [0.15, 0.2) is 35.0 Å². The fourth-order valence-electron chi connectivity index (χ4n) is 1.72. The number of aromatic nitrogens is 1. The molecular weight excluding hydrogens is 262 g/mol. The lowest BCUT2D eigenvalue weighted by atomic mass is 10.2. The molecule has 0 unspecified atom stereocenters. The lowest BCUT2D eigenvalue weighted by Crippen LogP contribution is -2.09. The highest BCUT2D eigenvalue weighted by molar-refractivity contribution is 5.68. The molecule has 0 fully saturated rings. The molecule has 1 aromatic heterocycles. The smallest absolute Gasteiger partial charge is 0.333 e. The Morgan fingerprint density at radius 3 is 2.85 bits per heavy atom. The minimum Gasteiger partial charge on any atom is -0.484 e. The third-order valence-electron chi connectivity index (χ3n) is 2.49. The summed E-state index contributed by atoms with van der Waals surface area (Å²) in [5.41, 5.74) is 0.297. The Hall–Kier alpha value is -2.57. The Morgan fingerprint density at radius 2 is 2.25 bits per heavy atom. The van der Waals surface area contributed by atoms with Crippen molar-refractivity contribution in [3.8, 4) is 5.75 Å². The number of hydrogen-bond donors (Lipinski definition) is 1. The highest BCUT2D eigenvalue weighted by Crippen LogP contribution is 2.35. The number of benzene rings is 1. The molecule has 0 aliphatic carbocycles.